The second-order valence-corrected chi connectivity index (χ2v) is 4.60. The molecule has 0 unspecified atom stereocenters. The van der Waals surface area contributed by atoms with E-state index in [2.05, 4.69) is 5.32 Å². The van der Waals surface area contributed by atoms with Crippen molar-refractivity contribution in [2.45, 2.75) is 32.9 Å². The first-order chi connectivity index (χ1) is 9.15. The van der Waals surface area contributed by atoms with Gasteiger partial charge < -0.3 is 14.8 Å². The van der Waals surface area contributed by atoms with Crippen LogP contribution < -0.4 is 5.32 Å². The molecule has 1 aromatic rings. The summed E-state index contributed by atoms with van der Waals surface area (Å²) in [4.78, 5) is 11.6. The summed E-state index contributed by atoms with van der Waals surface area (Å²) in [6.07, 6.45) is 1.23. The highest BCUT2D eigenvalue weighted by Gasteiger charge is 2.09. The van der Waals surface area contributed by atoms with Crippen molar-refractivity contribution in [3.8, 4) is 0 Å². The van der Waals surface area contributed by atoms with Crippen LogP contribution in [0.3, 0.4) is 0 Å². The molecule has 1 aromatic carbocycles. The molecule has 19 heavy (non-hydrogen) atoms. The fraction of sp³-hybridized carbons (Fsp3) is 0.533. The predicted octanol–water partition coefficient (Wildman–Crippen LogP) is 2.38. The van der Waals surface area contributed by atoms with E-state index < -0.39 is 0 Å². The highest BCUT2D eigenvalue weighted by atomic mass is 16.5. The minimum absolute atomic E-state index is 0.278. The van der Waals surface area contributed by atoms with Crippen molar-refractivity contribution in [2.24, 2.45) is 0 Å². The summed E-state index contributed by atoms with van der Waals surface area (Å²) in [5.74, 6) is -0.291. The SMILES string of the molecule is COC(=O)c1ccccc1CNCCCOC(C)C. The lowest BCUT2D eigenvalue weighted by atomic mass is 10.1. The fourth-order valence-corrected chi connectivity index (χ4v) is 1.72. The Bertz CT molecular complexity index is 391. The van der Waals surface area contributed by atoms with Gasteiger partial charge in [0, 0.05) is 13.2 Å². The van der Waals surface area contributed by atoms with Crippen LogP contribution in [0.5, 0.6) is 0 Å². The number of carbonyl (C=O) groups is 1. The molecular formula is C15H23NO3. The molecule has 0 saturated heterocycles. The molecule has 0 heterocycles. The Labute approximate surface area is 115 Å². The fourth-order valence-electron chi connectivity index (χ4n) is 1.72. The van der Waals surface area contributed by atoms with Gasteiger partial charge in [0.25, 0.3) is 0 Å². The molecule has 0 atom stereocenters. The Hall–Kier alpha value is -1.39. The summed E-state index contributed by atoms with van der Waals surface area (Å²) in [6.45, 7) is 6.33. The van der Waals surface area contributed by atoms with Crippen LogP contribution in [0.15, 0.2) is 24.3 Å². The Kier molecular flexibility index (Phi) is 7.15. The summed E-state index contributed by atoms with van der Waals surface area (Å²) >= 11 is 0. The Morgan fingerprint density at radius 2 is 2.05 bits per heavy atom. The monoisotopic (exact) mass is 265 g/mol. The van der Waals surface area contributed by atoms with Crippen molar-refractivity contribution >= 4 is 5.97 Å². The molecule has 106 valence electrons. The summed E-state index contributed by atoms with van der Waals surface area (Å²) in [7, 11) is 1.40. The van der Waals surface area contributed by atoms with E-state index in [1.165, 1.54) is 7.11 Å². The van der Waals surface area contributed by atoms with Gasteiger partial charge in [0.15, 0.2) is 0 Å². The van der Waals surface area contributed by atoms with Gasteiger partial charge in [0.1, 0.15) is 0 Å². The van der Waals surface area contributed by atoms with E-state index in [1.54, 1.807) is 6.07 Å². The van der Waals surface area contributed by atoms with Crippen molar-refractivity contribution in [1.29, 1.82) is 0 Å². The van der Waals surface area contributed by atoms with Crippen LogP contribution in [0, 0.1) is 0 Å². The molecule has 0 saturated carbocycles. The number of benzene rings is 1. The average molecular weight is 265 g/mol. The van der Waals surface area contributed by atoms with Crippen LogP contribution in [0.25, 0.3) is 0 Å². The molecule has 0 amide bonds. The van der Waals surface area contributed by atoms with Gasteiger partial charge in [0.2, 0.25) is 0 Å². The molecule has 0 spiro atoms. The summed E-state index contributed by atoms with van der Waals surface area (Å²) < 4.78 is 10.2. The molecule has 4 nitrogen and oxygen atoms in total. The zero-order chi connectivity index (χ0) is 14.1. The third-order valence-electron chi connectivity index (χ3n) is 2.69. The third kappa shape index (κ3) is 5.85. The van der Waals surface area contributed by atoms with E-state index >= 15 is 0 Å². The lowest BCUT2D eigenvalue weighted by molar-refractivity contribution is 0.0599. The number of hydrogen-bond acceptors (Lipinski definition) is 4. The lowest BCUT2D eigenvalue weighted by Crippen LogP contribution is -2.19. The quantitative estimate of drug-likeness (QED) is 0.579. The van der Waals surface area contributed by atoms with Crippen LogP contribution in [-0.4, -0.2) is 32.3 Å². The summed E-state index contributed by atoms with van der Waals surface area (Å²) in [5, 5.41) is 3.31. The van der Waals surface area contributed by atoms with Crippen molar-refractivity contribution in [3.63, 3.8) is 0 Å². The van der Waals surface area contributed by atoms with Gasteiger partial charge in [-0.05, 0) is 38.4 Å². The van der Waals surface area contributed by atoms with E-state index in [0.717, 1.165) is 25.1 Å². The maximum Gasteiger partial charge on any atom is 0.338 e. The van der Waals surface area contributed by atoms with Gasteiger partial charge in [-0.3, -0.25) is 0 Å². The molecular weight excluding hydrogens is 242 g/mol. The number of nitrogens with one attached hydrogen (secondary N) is 1. The molecule has 0 bridgehead atoms. The van der Waals surface area contributed by atoms with Gasteiger partial charge in [0.05, 0.1) is 18.8 Å². The number of methoxy groups -OCH3 is 1. The van der Waals surface area contributed by atoms with Crippen LogP contribution in [0.2, 0.25) is 0 Å². The zero-order valence-corrected chi connectivity index (χ0v) is 11.9. The molecule has 0 aromatic heterocycles. The first-order valence-electron chi connectivity index (χ1n) is 6.63. The maximum atomic E-state index is 11.6. The molecule has 1 N–H and O–H groups in total. The molecule has 0 radical (unpaired) electrons. The largest absolute Gasteiger partial charge is 0.465 e. The maximum absolute atomic E-state index is 11.6. The van der Waals surface area contributed by atoms with E-state index in [0.29, 0.717) is 12.1 Å². The van der Waals surface area contributed by atoms with Crippen molar-refractivity contribution in [3.05, 3.63) is 35.4 Å². The van der Waals surface area contributed by atoms with Gasteiger partial charge in [-0.1, -0.05) is 18.2 Å². The topological polar surface area (TPSA) is 47.6 Å². The Morgan fingerprint density at radius 1 is 1.32 bits per heavy atom. The van der Waals surface area contributed by atoms with Gasteiger partial charge in [-0.2, -0.15) is 0 Å². The first-order valence-corrected chi connectivity index (χ1v) is 6.63. The summed E-state index contributed by atoms with van der Waals surface area (Å²) in [5.41, 5.74) is 1.58. The standard InChI is InChI=1S/C15H23NO3/c1-12(2)19-10-6-9-16-11-13-7-4-5-8-14(13)15(17)18-3/h4-5,7-8,12,16H,6,9-11H2,1-3H3. The van der Waals surface area contributed by atoms with E-state index in [9.17, 15) is 4.79 Å². The van der Waals surface area contributed by atoms with Crippen LogP contribution >= 0.6 is 0 Å². The normalized spacial score (nSPS) is 10.7. The second kappa shape index (κ2) is 8.67. The highest BCUT2D eigenvalue weighted by molar-refractivity contribution is 5.90. The smallest absolute Gasteiger partial charge is 0.338 e. The Balaban J connectivity index is 2.35. The number of hydrogen-bond donors (Lipinski definition) is 1. The molecule has 1 rings (SSSR count). The molecule has 0 aliphatic heterocycles. The van der Waals surface area contributed by atoms with Gasteiger partial charge in [-0.25, -0.2) is 4.79 Å². The number of carbonyl (C=O) groups excluding carboxylic acids is 1. The molecule has 0 aliphatic rings. The van der Waals surface area contributed by atoms with Crippen LogP contribution in [-0.2, 0) is 16.0 Å². The number of ether oxygens (including phenoxy) is 2. The zero-order valence-electron chi connectivity index (χ0n) is 11.9. The van der Waals surface area contributed by atoms with E-state index in [4.69, 9.17) is 9.47 Å². The number of esters is 1. The van der Waals surface area contributed by atoms with Crippen molar-refractivity contribution < 1.29 is 14.3 Å². The first kappa shape index (κ1) is 15.7. The second-order valence-electron chi connectivity index (χ2n) is 4.60. The average Bonchev–Trinajstić information content (AvgIpc) is 2.42. The van der Waals surface area contributed by atoms with Crippen molar-refractivity contribution in [1.82, 2.24) is 5.32 Å². The van der Waals surface area contributed by atoms with E-state index in [-0.39, 0.29) is 12.1 Å². The summed E-state index contributed by atoms with van der Waals surface area (Å²) in [6, 6.07) is 7.48. The number of rotatable bonds is 8. The minimum atomic E-state index is -0.291. The van der Waals surface area contributed by atoms with Crippen LogP contribution in [0.1, 0.15) is 36.2 Å². The molecule has 0 aliphatic carbocycles. The minimum Gasteiger partial charge on any atom is -0.465 e. The van der Waals surface area contributed by atoms with Crippen LogP contribution in [0.4, 0.5) is 0 Å². The molecule has 0 fully saturated rings. The highest BCUT2D eigenvalue weighted by Crippen LogP contribution is 2.09. The lowest BCUT2D eigenvalue weighted by Gasteiger charge is -2.10. The van der Waals surface area contributed by atoms with Gasteiger partial charge >= 0.3 is 5.97 Å². The van der Waals surface area contributed by atoms with Gasteiger partial charge in [-0.15, -0.1) is 0 Å². The van der Waals surface area contributed by atoms with E-state index in [1.807, 2.05) is 32.0 Å². The predicted molar refractivity (Wildman–Crippen MR) is 75.2 cm³/mol. The van der Waals surface area contributed by atoms with Crippen molar-refractivity contribution in [2.75, 3.05) is 20.3 Å². The third-order valence-corrected chi connectivity index (χ3v) is 2.69. The molecule has 4 heteroatoms. The Morgan fingerprint density at radius 3 is 2.74 bits per heavy atom.